The molecule has 0 saturated heterocycles. The number of aromatic nitrogens is 3. The van der Waals surface area contributed by atoms with Crippen LogP contribution in [0.3, 0.4) is 0 Å². The first-order chi connectivity index (χ1) is 16.7. The van der Waals surface area contributed by atoms with E-state index in [1.54, 1.807) is 4.57 Å². The topological polar surface area (TPSA) is 76.9 Å². The van der Waals surface area contributed by atoms with Crippen molar-refractivity contribution in [1.29, 1.82) is 0 Å². The summed E-state index contributed by atoms with van der Waals surface area (Å²) in [6, 6.07) is 21.5. The number of rotatable bonds is 7. The summed E-state index contributed by atoms with van der Waals surface area (Å²) < 4.78 is 1.60. The van der Waals surface area contributed by atoms with Gasteiger partial charge in [0.1, 0.15) is 0 Å². The van der Waals surface area contributed by atoms with Gasteiger partial charge in [0.2, 0.25) is 5.91 Å². The van der Waals surface area contributed by atoms with Gasteiger partial charge in [-0.2, -0.15) is 0 Å². The fourth-order valence-electron chi connectivity index (χ4n) is 4.29. The van der Waals surface area contributed by atoms with Crippen molar-refractivity contribution in [3.8, 4) is 5.69 Å². The molecule has 1 N–H and O–H groups in total. The molecule has 2 aromatic carbocycles. The second-order valence-electron chi connectivity index (χ2n) is 8.42. The molecule has 6 nitrogen and oxygen atoms in total. The van der Waals surface area contributed by atoms with Crippen LogP contribution in [-0.4, -0.2) is 32.7 Å². The highest BCUT2D eigenvalue weighted by Crippen LogP contribution is 2.25. The van der Waals surface area contributed by atoms with Gasteiger partial charge in [0.25, 0.3) is 5.56 Å². The van der Waals surface area contributed by atoms with E-state index in [0.29, 0.717) is 22.7 Å². The summed E-state index contributed by atoms with van der Waals surface area (Å²) in [5.74, 6) is 0.0816. The van der Waals surface area contributed by atoms with Crippen molar-refractivity contribution in [3.05, 3.63) is 93.9 Å². The van der Waals surface area contributed by atoms with Crippen LogP contribution in [0.1, 0.15) is 29.7 Å². The van der Waals surface area contributed by atoms with Gasteiger partial charge in [0, 0.05) is 12.2 Å². The highest BCUT2D eigenvalue weighted by molar-refractivity contribution is 7.99. The van der Waals surface area contributed by atoms with E-state index in [9.17, 15) is 9.59 Å². The van der Waals surface area contributed by atoms with E-state index in [4.69, 9.17) is 9.97 Å². The van der Waals surface area contributed by atoms with Crippen molar-refractivity contribution < 1.29 is 4.79 Å². The molecule has 1 amide bonds. The highest BCUT2D eigenvalue weighted by Gasteiger charge is 2.19. The molecule has 1 aliphatic carbocycles. The van der Waals surface area contributed by atoms with Crippen molar-refractivity contribution in [2.45, 2.75) is 37.3 Å². The van der Waals surface area contributed by atoms with Crippen molar-refractivity contribution >= 4 is 28.7 Å². The second kappa shape index (κ2) is 10.2. The Morgan fingerprint density at radius 1 is 0.971 bits per heavy atom. The zero-order chi connectivity index (χ0) is 23.3. The van der Waals surface area contributed by atoms with Gasteiger partial charge in [-0.05, 0) is 61.4 Å². The van der Waals surface area contributed by atoms with E-state index in [-0.39, 0.29) is 17.2 Å². The van der Waals surface area contributed by atoms with Crippen molar-refractivity contribution in [2.75, 3.05) is 12.3 Å². The SMILES string of the molecule is O=C(CSc1nc2nc3c(cc2c(=O)n1-c1ccccc1)CCCC3)NCCc1ccccc1. The number of para-hydroxylation sites is 1. The number of aryl methyl sites for hydroxylation is 2. The first-order valence-corrected chi connectivity index (χ1v) is 12.6. The molecular weight excluding hydrogens is 444 g/mol. The minimum Gasteiger partial charge on any atom is -0.355 e. The van der Waals surface area contributed by atoms with Crippen LogP contribution in [-0.2, 0) is 24.1 Å². The van der Waals surface area contributed by atoms with Gasteiger partial charge in [0.15, 0.2) is 10.8 Å². The summed E-state index contributed by atoms with van der Waals surface area (Å²) in [5, 5.41) is 3.97. The number of pyridine rings is 1. The largest absolute Gasteiger partial charge is 0.355 e. The second-order valence-corrected chi connectivity index (χ2v) is 9.36. The summed E-state index contributed by atoms with van der Waals surface area (Å²) in [6.45, 7) is 0.563. The van der Waals surface area contributed by atoms with Crippen LogP contribution in [0, 0.1) is 0 Å². The Morgan fingerprint density at radius 3 is 2.50 bits per heavy atom. The lowest BCUT2D eigenvalue weighted by molar-refractivity contribution is -0.118. The summed E-state index contributed by atoms with van der Waals surface area (Å²) in [6.07, 6.45) is 4.87. The molecule has 0 saturated carbocycles. The van der Waals surface area contributed by atoms with Crippen molar-refractivity contribution in [2.24, 2.45) is 0 Å². The van der Waals surface area contributed by atoms with Gasteiger partial charge in [-0.25, -0.2) is 9.97 Å². The number of nitrogens with zero attached hydrogens (tertiary/aromatic N) is 3. The molecule has 5 rings (SSSR count). The van der Waals surface area contributed by atoms with Crippen LogP contribution < -0.4 is 10.9 Å². The molecule has 0 fully saturated rings. The predicted molar refractivity (Wildman–Crippen MR) is 136 cm³/mol. The average molecular weight is 471 g/mol. The summed E-state index contributed by atoms with van der Waals surface area (Å²) in [4.78, 5) is 35.6. The monoisotopic (exact) mass is 470 g/mol. The Balaban J connectivity index is 1.41. The zero-order valence-corrected chi connectivity index (χ0v) is 19.7. The number of hydrogen-bond donors (Lipinski definition) is 1. The number of carbonyl (C=O) groups excluding carboxylic acids is 1. The van der Waals surface area contributed by atoms with E-state index in [0.717, 1.165) is 49.0 Å². The van der Waals surface area contributed by atoms with Crippen molar-refractivity contribution in [3.63, 3.8) is 0 Å². The minimum atomic E-state index is -0.149. The molecule has 0 unspecified atom stereocenters. The average Bonchev–Trinajstić information content (AvgIpc) is 2.88. The molecule has 0 bridgehead atoms. The van der Waals surface area contributed by atoms with Gasteiger partial charge >= 0.3 is 0 Å². The smallest absolute Gasteiger partial charge is 0.268 e. The number of fused-ring (bicyclic) bond motifs is 2. The maximum atomic E-state index is 13.6. The first-order valence-electron chi connectivity index (χ1n) is 11.6. The molecule has 0 atom stereocenters. The van der Waals surface area contributed by atoms with Crippen LogP contribution in [0.5, 0.6) is 0 Å². The zero-order valence-electron chi connectivity index (χ0n) is 18.9. The van der Waals surface area contributed by atoms with Crippen LogP contribution in [0.25, 0.3) is 16.7 Å². The Labute approximate surface area is 202 Å². The van der Waals surface area contributed by atoms with E-state index in [2.05, 4.69) is 5.32 Å². The lowest BCUT2D eigenvalue weighted by Gasteiger charge is -2.17. The standard InChI is InChI=1S/C27H26N4O2S/c32-24(28-16-15-19-9-3-1-4-10-19)18-34-27-30-25-22(17-20-11-7-8-14-23(20)29-25)26(33)31(27)21-12-5-2-6-13-21/h1-6,9-10,12-13,17H,7-8,11,14-16,18H2,(H,28,32). The molecule has 0 radical (unpaired) electrons. The van der Waals surface area contributed by atoms with Gasteiger partial charge in [-0.1, -0.05) is 60.3 Å². The number of nitrogens with one attached hydrogen (secondary N) is 1. The Bertz CT molecular complexity index is 1370. The van der Waals surface area contributed by atoms with Gasteiger partial charge in [0.05, 0.1) is 16.8 Å². The molecule has 34 heavy (non-hydrogen) atoms. The maximum Gasteiger partial charge on any atom is 0.268 e. The molecule has 0 spiro atoms. The molecule has 0 aliphatic heterocycles. The molecular formula is C27H26N4O2S. The third-order valence-corrected chi connectivity index (χ3v) is 6.97. The number of hydrogen-bond acceptors (Lipinski definition) is 5. The first kappa shape index (κ1) is 22.3. The van der Waals surface area contributed by atoms with E-state index in [1.807, 2.05) is 66.7 Å². The van der Waals surface area contributed by atoms with Crippen LogP contribution in [0.2, 0.25) is 0 Å². The van der Waals surface area contributed by atoms with Crippen molar-refractivity contribution in [1.82, 2.24) is 19.9 Å². The molecule has 172 valence electrons. The lowest BCUT2D eigenvalue weighted by atomic mass is 9.95. The summed E-state index contributed by atoms with van der Waals surface area (Å²) in [7, 11) is 0. The van der Waals surface area contributed by atoms with Gasteiger partial charge < -0.3 is 5.32 Å². The van der Waals surface area contributed by atoms with E-state index in [1.165, 1.54) is 17.3 Å². The van der Waals surface area contributed by atoms with Gasteiger partial charge in [-0.15, -0.1) is 0 Å². The molecule has 7 heteroatoms. The van der Waals surface area contributed by atoms with E-state index >= 15 is 0 Å². The minimum absolute atomic E-state index is 0.0895. The third kappa shape index (κ3) is 4.89. The molecule has 2 heterocycles. The summed E-state index contributed by atoms with van der Waals surface area (Å²) >= 11 is 1.26. The Kier molecular flexibility index (Phi) is 6.72. The number of amides is 1. The Morgan fingerprint density at radius 2 is 1.71 bits per heavy atom. The molecule has 2 aromatic heterocycles. The summed E-state index contributed by atoms with van der Waals surface area (Å²) in [5.41, 5.74) is 4.41. The van der Waals surface area contributed by atoms with Gasteiger partial charge in [-0.3, -0.25) is 14.2 Å². The fraction of sp³-hybridized carbons (Fsp3) is 0.259. The van der Waals surface area contributed by atoms with Crippen LogP contribution in [0.4, 0.5) is 0 Å². The fourth-order valence-corrected chi connectivity index (χ4v) is 5.12. The molecule has 4 aromatic rings. The molecule has 1 aliphatic rings. The predicted octanol–water partition coefficient (Wildman–Crippen LogP) is 4.11. The number of thioether (sulfide) groups is 1. The van der Waals surface area contributed by atoms with Crippen LogP contribution >= 0.6 is 11.8 Å². The number of carbonyl (C=O) groups is 1. The quantitative estimate of drug-likeness (QED) is 0.325. The maximum absolute atomic E-state index is 13.6. The lowest BCUT2D eigenvalue weighted by Crippen LogP contribution is -2.28. The highest BCUT2D eigenvalue weighted by atomic mass is 32.2. The normalized spacial score (nSPS) is 12.9. The van der Waals surface area contributed by atoms with E-state index < -0.39 is 0 Å². The number of benzene rings is 2. The van der Waals surface area contributed by atoms with Crippen LogP contribution in [0.15, 0.2) is 76.7 Å². The Hall–Kier alpha value is -3.45. The third-order valence-electron chi connectivity index (χ3n) is 6.03.